The van der Waals surface area contributed by atoms with E-state index in [1.165, 1.54) is 0 Å². The number of methoxy groups -OCH3 is 3. The topological polar surface area (TPSA) is 46.2 Å². The van der Waals surface area contributed by atoms with Crippen molar-refractivity contribution in [2.75, 3.05) is 34.5 Å². The van der Waals surface area contributed by atoms with Crippen molar-refractivity contribution in [3.05, 3.63) is 99.5 Å². The van der Waals surface area contributed by atoms with Gasteiger partial charge in [0.25, 0.3) is 0 Å². The predicted octanol–water partition coefficient (Wildman–Crippen LogP) is 6.27. The van der Waals surface area contributed by atoms with Gasteiger partial charge >= 0.3 is 0 Å². The van der Waals surface area contributed by atoms with Crippen LogP contribution in [0.2, 0.25) is 0 Å². The molecule has 3 aromatic rings. The zero-order valence-electron chi connectivity index (χ0n) is 19.3. The molecule has 0 N–H and O–H groups in total. The van der Waals surface area contributed by atoms with Gasteiger partial charge in [0, 0.05) is 29.8 Å². The SMILES string of the molecule is COc1c(COC[C@H](OC)c2ccccc2)cc(Br)cc1COC[C@H](OC)c1ccccc1. The number of hydrogen-bond acceptors (Lipinski definition) is 5. The molecule has 0 bridgehead atoms. The maximum Gasteiger partial charge on any atom is 0.129 e. The minimum atomic E-state index is -0.129. The molecular weight excluding hydrogens is 484 g/mol. The first-order valence-corrected chi connectivity index (χ1v) is 11.6. The fraction of sp³-hybridized carbons (Fsp3) is 0.333. The molecule has 3 rings (SSSR count). The van der Waals surface area contributed by atoms with E-state index in [0.717, 1.165) is 32.5 Å². The molecule has 0 aliphatic heterocycles. The second-order valence-electron chi connectivity index (χ2n) is 7.56. The summed E-state index contributed by atoms with van der Waals surface area (Å²) in [6.45, 7) is 1.67. The normalized spacial score (nSPS) is 13.0. The van der Waals surface area contributed by atoms with E-state index < -0.39 is 0 Å². The van der Waals surface area contributed by atoms with E-state index in [1.807, 2.05) is 72.8 Å². The Labute approximate surface area is 204 Å². The highest BCUT2D eigenvalue weighted by atomic mass is 79.9. The fourth-order valence-electron chi connectivity index (χ4n) is 3.68. The molecule has 0 aliphatic rings. The Morgan fingerprint density at radius 1 is 0.667 bits per heavy atom. The highest BCUT2D eigenvalue weighted by molar-refractivity contribution is 9.10. The molecule has 5 nitrogen and oxygen atoms in total. The van der Waals surface area contributed by atoms with Gasteiger partial charge in [-0.25, -0.2) is 0 Å². The quantitative estimate of drug-likeness (QED) is 0.269. The molecule has 33 heavy (non-hydrogen) atoms. The van der Waals surface area contributed by atoms with Gasteiger partial charge < -0.3 is 23.7 Å². The van der Waals surface area contributed by atoms with Gasteiger partial charge in [-0.15, -0.1) is 0 Å². The first kappa shape index (κ1) is 25.4. The Kier molecular flexibility index (Phi) is 10.4. The fourth-order valence-corrected chi connectivity index (χ4v) is 4.23. The van der Waals surface area contributed by atoms with Crippen LogP contribution in [0, 0.1) is 0 Å². The number of hydrogen-bond donors (Lipinski definition) is 0. The van der Waals surface area contributed by atoms with E-state index in [9.17, 15) is 0 Å². The van der Waals surface area contributed by atoms with Crippen LogP contribution in [0.1, 0.15) is 34.5 Å². The zero-order valence-corrected chi connectivity index (χ0v) is 20.9. The van der Waals surface area contributed by atoms with Crippen molar-refractivity contribution in [2.45, 2.75) is 25.4 Å². The second kappa shape index (κ2) is 13.5. The van der Waals surface area contributed by atoms with Crippen LogP contribution in [0.5, 0.6) is 5.75 Å². The number of ether oxygens (including phenoxy) is 5. The minimum Gasteiger partial charge on any atom is -0.496 e. The third-order valence-corrected chi connectivity index (χ3v) is 5.83. The van der Waals surface area contributed by atoms with E-state index in [1.54, 1.807) is 21.3 Å². The van der Waals surface area contributed by atoms with Gasteiger partial charge in [-0.05, 0) is 23.3 Å². The average molecular weight is 515 g/mol. The molecular formula is C27H31BrO5. The van der Waals surface area contributed by atoms with Crippen molar-refractivity contribution in [1.29, 1.82) is 0 Å². The van der Waals surface area contributed by atoms with Gasteiger partial charge in [-0.3, -0.25) is 0 Å². The molecule has 0 saturated carbocycles. The number of benzene rings is 3. The Morgan fingerprint density at radius 2 is 1.09 bits per heavy atom. The van der Waals surface area contributed by atoms with E-state index in [2.05, 4.69) is 15.9 Å². The van der Waals surface area contributed by atoms with Gasteiger partial charge in [0.05, 0.1) is 33.5 Å². The summed E-state index contributed by atoms with van der Waals surface area (Å²) in [5.74, 6) is 0.764. The molecule has 0 spiro atoms. The largest absolute Gasteiger partial charge is 0.496 e. The van der Waals surface area contributed by atoms with Crippen LogP contribution in [0.3, 0.4) is 0 Å². The third kappa shape index (κ3) is 7.39. The standard InChI is InChI=1S/C27H31BrO5/c1-29-25(20-10-6-4-7-11-20)18-32-16-22-14-24(28)15-23(27(22)31-3)17-33-19-26(30-2)21-12-8-5-9-13-21/h4-15,25-26H,16-19H2,1-3H3/t25-,26-/m0/s1. The summed E-state index contributed by atoms with van der Waals surface area (Å²) in [7, 11) is 5.05. The molecule has 0 heterocycles. The van der Waals surface area contributed by atoms with Gasteiger partial charge in [0.2, 0.25) is 0 Å². The van der Waals surface area contributed by atoms with Crippen LogP contribution in [0.25, 0.3) is 0 Å². The lowest BCUT2D eigenvalue weighted by atomic mass is 10.1. The predicted molar refractivity (Wildman–Crippen MR) is 132 cm³/mol. The molecule has 0 aliphatic carbocycles. The summed E-state index contributed by atoms with van der Waals surface area (Å²) in [4.78, 5) is 0. The van der Waals surface area contributed by atoms with Crippen molar-refractivity contribution >= 4 is 15.9 Å². The summed E-state index contributed by atoms with van der Waals surface area (Å²) >= 11 is 3.60. The van der Waals surface area contributed by atoms with Crippen LogP contribution in [-0.2, 0) is 32.2 Å². The van der Waals surface area contributed by atoms with Crippen LogP contribution in [0.4, 0.5) is 0 Å². The monoisotopic (exact) mass is 514 g/mol. The maximum atomic E-state index is 6.01. The van der Waals surface area contributed by atoms with Crippen molar-refractivity contribution in [2.24, 2.45) is 0 Å². The molecule has 6 heteroatoms. The Balaban J connectivity index is 1.62. The highest BCUT2D eigenvalue weighted by Crippen LogP contribution is 2.31. The van der Waals surface area contributed by atoms with E-state index in [-0.39, 0.29) is 12.2 Å². The lowest BCUT2D eigenvalue weighted by Gasteiger charge is -2.19. The van der Waals surface area contributed by atoms with Crippen molar-refractivity contribution in [1.82, 2.24) is 0 Å². The van der Waals surface area contributed by atoms with Crippen molar-refractivity contribution < 1.29 is 23.7 Å². The van der Waals surface area contributed by atoms with Gasteiger partial charge in [0.1, 0.15) is 18.0 Å². The van der Waals surface area contributed by atoms with Crippen LogP contribution in [0.15, 0.2) is 77.3 Å². The van der Waals surface area contributed by atoms with Crippen LogP contribution in [-0.4, -0.2) is 34.5 Å². The molecule has 0 fully saturated rings. The summed E-state index contributed by atoms with van der Waals surface area (Å²) in [5.41, 5.74) is 4.06. The first-order valence-electron chi connectivity index (χ1n) is 10.8. The van der Waals surface area contributed by atoms with E-state index in [0.29, 0.717) is 26.4 Å². The first-order chi connectivity index (χ1) is 16.2. The van der Waals surface area contributed by atoms with Crippen LogP contribution >= 0.6 is 15.9 Å². The molecule has 0 saturated heterocycles. The molecule has 0 amide bonds. The smallest absolute Gasteiger partial charge is 0.129 e. The van der Waals surface area contributed by atoms with Crippen LogP contribution < -0.4 is 4.74 Å². The summed E-state index contributed by atoms with van der Waals surface area (Å²) in [6.07, 6.45) is -0.257. The van der Waals surface area contributed by atoms with E-state index in [4.69, 9.17) is 23.7 Å². The molecule has 176 valence electrons. The molecule has 0 aromatic heterocycles. The zero-order chi connectivity index (χ0) is 23.5. The minimum absolute atomic E-state index is 0.129. The number of halogens is 1. The lowest BCUT2D eigenvalue weighted by Crippen LogP contribution is -2.12. The molecule has 2 atom stereocenters. The summed E-state index contributed by atoms with van der Waals surface area (Å²) < 4.78 is 29.9. The molecule has 3 aromatic carbocycles. The Morgan fingerprint density at radius 3 is 1.45 bits per heavy atom. The maximum absolute atomic E-state index is 6.01. The summed E-state index contributed by atoms with van der Waals surface area (Å²) in [6, 6.07) is 24.1. The van der Waals surface area contributed by atoms with Gasteiger partial charge in [0.15, 0.2) is 0 Å². The Hall–Kier alpha value is -2.22. The summed E-state index contributed by atoms with van der Waals surface area (Å²) in [5, 5.41) is 0. The Bertz CT molecular complexity index is 890. The average Bonchev–Trinajstić information content (AvgIpc) is 2.85. The van der Waals surface area contributed by atoms with Gasteiger partial charge in [-0.1, -0.05) is 76.6 Å². The highest BCUT2D eigenvalue weighted by Gasteiger charge is 2.16. The number of rotatable bonds is 13. The lowest BCUT2D eigenvalue weighted by molar-refractivity contribution is -0.00156. The molecule has 0 unspecified atom stereocenters. The van der Waals surface area contributed by atoms with Gasteiger partial charge in [-0.2, -0.15) is 0 Å². The molecule has 0 radical (unpaired) electrons. The third-order valence-electron chi connectivity index (χ3n) is 5.38. The second-order valence-corrected chi connectivity index (χ2v) is 8.47. The van der Waals surface area contributed by atoms with Crippen molar-refractivity contribution in [3.8, 4) is 5.75 Å². The van der Waals surface area contributed by atoms with Crippen molar-refractivity contribution in [3.63, 3.8) is 0 Å². The van der Waals surface area contributed by atoms with E-state index >= 15 is 0 Å².